The zero-order chi connectivity index (χ0) is 23.6. The van der Waals surface area contributed by atoms with Crippen LogP contribution >= 0.6 is 0 Å². The maximum absolute atomic E-state index is 13.0. The van der Waals surface area contributed by atoms with Crippen LogP contribution in [0.1, 0.15) is 43.7 Å². The molecule has 0 spiro atoms. The average molecular weight is 451 g/mol. The van der Waals surface area contributed by atoms with E-state index in [1.807, 2.05) is 38.1 Å². The number of carbonyl (C=O) groups is 3. The van der Waals surface area contributed by atoms with Crippen LogP contribution in [0, 0.1) is 11.3 Å². The van der Waals surface area contributed by atoms with Gasteiger partial charge in [-0.2, -0.15) is 0 Å². The third-order valence-electron chi connectivity index (χ3n) is 6.42. The number of hydrogen-bond acceptors (Lipinski definition) is 4. The van der Waals surface area contributed by atoms with E-state index in [0.29, 0.717) is 19.4 Å². The summed E-state index contributed by atoms with van der Waals surface area (Å²) in [6.07, 6.45) is 0.692. The van der Waals surface area contributed by atoms with Crippen LogP contribution in [0.25, 0.3) is 11.1 Å². The van der Waals surface area contributed by atoms with Gasteiger partial charge in [-0.15, -0.1) is 0 Å². The van der Waals surface area contributed by atoms with Gasteiger partial charge in [0.2, 0.25) is 5.91 Å². The summed E-state index contributed by atoms with van der Waals surface area (Å²) in [4.78, 5) is 38.1. The van der Waals surface area contributed by atoms with Crippen molar-refractivity contribution in [3.8, 4) is 11.1 Å². The molecule has 33 heavy (non-hydrogen) atoms. The fraction of sp³-hybridized carbons (Fsp3) is 0.423. The van der Waals surface area contributed by atoms with E-state index in [0.717, 1.165) is 22.3 Å². The van der Waals surface area contributed by atoms with Crippen molar-refractivity contribution >= 4 is 18.0 Å². The van der Waals surface area contributed by atoms with Crippen molar-refractivity contribution < 1.29 is 24.2 Å². The number of carboxylic acid groups (broad SMARTS) is 1. The Bertz CT molecular complexity index is 1010. The van der Waals surface area contributed by atoms with Crippen molar-refractivity contribution in [1.82, 2.24) is 10.2 Å². The molecule has 2 aliphatic carbocycles. The number of ether oxygens (including phenoxy) is 1. The minimum absolute atomic E-state index is 0.0308. The number of fused-ring (bicyclic) bond motifs is 3. The molecule has 0 atom stereocenters. The fourth-order valence-electron chi connectivity index (χ4n) is 4.67. The van der Waals surface area contributed by atoms with Gasteiger partial charge in [-0.1, -0.05) is 62.4 Å². The highest BCUT2D eigenvalue weighted by atomic mass is 16.5. The van der Waals surface area contributed by atoms with Crippen molar-refractivity contribution in [2.24, 2.45) is 11.3 Å². The van der Waals surface area contributed by atoms with Crippen molar-refractivity contribution in [2.75, 3.05) is 26.2 Å². The second-order valence-electron chi connectivity index (χ2n) is 9.43. The van der Waals surface area contributed by atoms with Gasteiger partial charge >= 0.3 is 12.1 Å². The Labute approximate surface area is 193 Å². The van der Waals surface area contributed by atoms with Crippen LogP contribution in [0.3, 0.4) is 0 Å². The first kappa shape index (κ1) is 22.8. The van der Waals surface area contributed by atoms with E-state index in [-0.39, 0.29) is 37.4 Å². The van der Waals surface area contributed by atoms with Gasteiger partial charge in [-0.3, -0.25) is 9.59 Å². The van der Waals surface area contributed by atoms with E-state index in [2.05, 4.69) is 29.6 Å². The van der Waals surface area contributed by atoms with Crippen LogP contribution in [0.5, 0.6) is 0 Å². The van der Waals surface area contributed by atoms with Gasteiger partial charge in [-0.05, 0) is 41.0 Å². The zero-order valence-electron chi connectivity index (χ0n) is 19.0. The summed E-state index contributed by atoms with van der Waals surface area (Å²) in [5, 5.41) is 11.9. The number of aliphatic carboxylic acids is 1. The molecule has 2 amide bonds. The maximum Gasteiger partial charge on any atom is 0.407 e. The monoisotopic (exact) mass is 450 g/mol. The summed E-state index contributed by atoms with van der Waals surface area (Å²) in [5.41, 5.74) is 3.87. The standard InChI is InChI=1S/C26H30N2O5/c1-17(2)13-28(14-23(29)30)24(31)26(11-12-26)16-27-25(32)33-15-22-20-9-5-3-7-18(20)19-8-4-6-10-21(19)22/h3-10,17,22H,11-16H2,1-2H3,(H,27,32)(H,29,30). The molecule has 2 aromatic carbocycles. The van der Waals surface area contributed by atoms with E-state index >= 15 is 0 Å². The molecule has 0 bridgehead atoms. The smallest absolute Gasteiger partial charge is 0.407 e. The Kier molecular flexibility index (Phi) is 6.40. The quantitative estimate of drug-likeness (QED) is 0.605. The molecule has 4 rings (SSSR count). The van der Waals surface area contributed by atoms with E-state index in [1.165, 1.54) is 4.90 Å². The number of alkyl carbamates (subject to hydrolysis) is 1. The topological polar surface area (TPSA) is 95.9 Å². The predicted octanol–water partition coefficient (Wildman–Crippen LogP) is 3.87. The Morgan fingerprint density at radius 2 is 1.64 bits per heavy atom. The summed E-state index contributed by atoms with van der Waals surface area (Å²) < 4.78 is 5.56. The van der Waals surface area contributed by atoms with Crippen LogP contribution in [0.15, 0.2) is 48.5 Å². The van der Waals surface area contributed by atoms with Crippen molar-refractivity contribution in [2.45, 2.75) is 32.6 Å². The van der Waals surface area contributed by atoms with Crippen LogP contribution in [0.4, 0.5) is 4.79 Å². The lowest BCUT2D eigenvalue weighted by atomic mass is 9.98. The van der Waals surface area contributed by atoms with Gasteiger partial charge in [-0.25, -0.2) is 4.79 Å². The molecular formula is C26H30N2O5. The number of carbonyl (C=O) groups excluding carboxylic acids is 2. The minimum Gasteiger partial charge on any atom is -0.480 e. The molecule has 0 aliphatic heterocycles. The van der Waals surface area contributed by atoms with Crippen LogP contribution in [-0.2, 0) is 14.3 Å². The Balaban J connectivity index is 1.35. The highest BCUT2D eigenvalue weighted by Gasteiger charge is 2.52. The minimum atomic E-state index is -1.04. The molecule has 2 aromatic rings. The van der Waals surface area contributed by atoms with Gasteiger partial charge in [0.15, 0.2) is 0 Å². The molecule has 2 N–H and O–H groups in total. The average Bonchev–Trinajstić information content (AvgIpc) is 3.51. The van der Waals surface area contributed by atoms with Gasteiger partial charge in [0.05, 0.1) is 5.41 Å². The Hall–Kier alpha value is -3.35. The van der Waals surface area contributed by atoms with Crippen molar-refractivity contribution in [1.29, 1.82) is 0 Å². The van der Waals surface area contributed by atoms with Crippen molar-refractivity contribution in [3.63, 3.8) is 0 Å². The second kappa shape index (κ2) is 9.25. The van der Waals surface area contributed by atoms with Crippen LogP contribution in [0.2, 0.25) is 0 Å². The fourth-order valence-corrected chi connectivity index (χ4v) is 4.67. The first-order chi connectivity index (χ1) is 15.8. The number of benzene rings is 2. The first-order valence-corrected chi connectivity index (χ1v) is 11.4. The summed E-state index contributed by atoms with van der Waals surface area (Å²) in [5.74, 6) is -1.13. The molecule has 0 aromatic heterocycles. The summed E-state index contributed by atoms with van der Waals surface area (Å²) in [6.45, 7) is 4.28. The number of nitrogens with zero attached hydrogens (tertiary/aromatic N) is 1. The Morgan fingerprint density at radius 1 is 1.06 bits per heavy atom. The molecular weight excluding hydrogens is 420 g/mol. The first-order valence-electron chi connectivity index (χ1n) is 11.4. The molecule has 0 unspecified atom stereocenters. The molecule has 1 saturated carbocycles. The Morgan fingerprint density at radius 3 is 2.15 bits per heavy atom. The molecule has 0 saturated heterocycles. The third kappa shape index (κ3) is 4.87. The molecule has 0 heterocycles. The molecule has 1 fully saturated rings. The summed E-state index contributed by atoms with van der Waals surface area (Å²) in [7, 11) is 0. The SMILES string of the molecule is CC(C)CN(CC(=O)O)C(=O)C1(CNC(=O)OCC2c3ccccc3-c3ccccc32)CC1. The predicted molar refractivity (Wildman–Crippen MR) is 124 cm³/mol. The number of nitrogens with one attached hydrogen (secondary N) is 1. The van der Waals surface area contributed by atoms with Gasteiger partial charge in [0.1, 0.15) is 13.2 Å². The maximum atomic E-state index is 13.0. The van der Waals surface area contributed by atoms with E-state index in [9.17, 15) is 19.5 Å². The van der Waals surface area contributed by atoms with E-state index in [1.54, 1.807) is 0 Å². The van der Waals surface area contributed by atoms with E-state index < -0.39 is 17.5 Å². The van der Waals surface area contributed by atoms with Gasteiger partial charge in [0.25, 0.3) is 0 Å². The summed E-state index contributed by atoms with van der Waals surface area (Å²) >= 11 is 0. The summed E-state index contributed by atoms with van der Waals surface area (Å²) in [6, 6.07) is 16.3. The molecule has 0 radical (unpaired) electrons. The molecule has 174 valence electrons. The highest BCUT2D eigenvalue weighted by Crippen LogP contribution is 2.47. The largest absolute Gasteiger partial charge is 0.480 e. The highest BCUT2D eigenvalue weighted by molar-refractivity contribution is 5.89. The molecule has 7 nitrogen and oxygen atoms in total. The van der Waals surface area contributed by atoms with Crippen LogP contribution < -0.4 is 5.32 Å². The van der Waals surface area contributed by atoms with Crippen LogP contribution in [-0.4, -0.2) is 54.2 Å². The molecule has 2 aliphatic rings. The lowest BCUT2D eigenvalue weighted by Gasteiger charge is -2.27. The second-order valence-corrected chi connectivity index (χ2v) is 9.43. The van der Waals surface area contributed by atoms with E-state index in [4.69, 9.17) is 4.74 Å². The third-order valence-corrected chi connectivity index (χ3v) is 6.42. The van der Waals surface area contributed by atoms with Gasteiger partial charge in [0, 0.05) is 19.0 Å². The molecule has 7 heteroatoms. The normalized spacial score (nSPS) is 15.5. The number of carboxylic acids is 1. The number of hydrogen-bond donors (Lipinski definition) is 2. The zero-order valence-corrected chi connectivity index (χ0v) is 19.0. The number of amides is 2. The lowest BCUT2D eigenvalue weighted by molar-refractivity contribution is -0.147. The van der Waals surface area contributed by atoms with Crippen molar-refractivity contribution in [3.05, 3.63) is 59.7 Å². The van der Waals surface area contributed by atoms with Gasteiger partial charge < -0.3 is 20.1 Å². The number of rotatable bonds is 9. The lowest BCUT2D eigenvalue weighted by Crippen LogP contribution is -2.46.